The summed E-state index contributed by atoms with van der Waals surface area (Å²) in [5, 5.41) is 11.2. The molecule has 7 nitrogen and oxygen atoms in total. The van der Waals surface area contributed by atoms with Gasteiger partial charge in [0.1, 0.15) is 0 Å². The van der Waals surface area contributed by atoms with Gasteiger partial charge < -0.3 is 4.74 Å². The summed E-state index contributed by atoms with van der Waals surface area (Å²) in [5.41, 5.74) is 1.76. The number of esters is 1. The zero-order chi connectivity index (χ0) is 11.8. The molecular weight excluding hydrogens is 222 g/mol. The maximum atomic E-state index is 11.6. The predicted octanol–water partition coefficient (Wildman–Crippen LogP) is 0.459. The average Bonchev–Trinajstić information content (AvgIpc) is 2.86. The number of aromatic nitrogens is 5. The lowest BCUT2D eigenvalue weighted by Crippen LogP contribution is -2.08. The van der Waals surface area contributed by atoms with Crippen molar-refractivity contribution in [3.63, 3.8) is 0 Å². The number of benzene rings is 1. The SMILES string of the molecule is COC(=O)c1nc2ccccc2n2nnnc12. The first-order valence-corrected chi connectivity index (χ1v) is 4.86. The molecule has 2 heterocycles. The molecule has 0 saturated heterocycles. The Bertz CT molecular complexity index is 721. The van der Waals surface area contributed by atoms with Gasteiger partial charge in [-0.3, -0.25) is 0 Å². The van der Waals surface area contributed by atoms with E-state index in [4.69, 9.17) is 0 Å². The highest BCUT2D eigenvalue weighted by Crippen LogP contribution is 2.15. The molecule has 0 amide bonds. The van der Waals surface area contributed by atoms with E-state index in [-0.39, 0.29) is 11.3 Å². The molecular formula is C10H7N5O2. The molecule has 0 atom stereocenters. The Hall–Kier alpha value is -2.57. The number of hydrogen-bond acceptors (Lipinski definition) is 6. The van der Waals surface area contributed by atoms with Gasteiger partial charge in [-0.1, -0.05) is 12.1 Å². The molecule has 0 aliphatic carbocycles. The van der Waals surface area contributed by atoms with Crippen LogP contribution < -0.4 is 0 Å². The Morgan fingerprint density at radius 1 is 1.35 bits per heavy atom. The van der Waals surface area contributed by atoms with Crippen molar-refractivity contribution < 1.29 is 9.53 Å². The Labute approximate surface area is 95.0 Å². The number of para-hydroxylation sites is 2. The standard InChI is InChI=1S/C10H7N5O2/c1-17-10(16)8-9-12-13-14-15(9)7-5-3-2-4-6(7)11-8/h2-5H,1H3. The molecule has 2 aromatic heterocycles. The van der Waals surface area contributed by atoms with E-state index in [2.05, 4.69) is 25.2 Å². The van der Waals surface area contributed by atoms with E-state index < -0.39 is 5.97 Å². The number of ether oxygens (including phenoxy) is 1. The molecule has 0 N–H and O–H groups in total. The fourth-order valence-corrected chi connectivity index (χ4v) is 1.64. The molecule has 0 spiro atoms. The van der Waals surface area contributed by atoms with E-state index in [0.29, 0.717) is 5.52 Å². The fourth-order valence-electron chi connectivity index (χ4n) is 1.64. The van der Waals surface area contributed by atoms with Crippen LogP contribution in [0, 0.1) is 0 Å². The topological polar surface area (TPSA) is 82.3 Å². The number of carbonyl (C=O) groups is 1. The summed E-state index contributed by atoms with van der Waals surface area (Å²) < 4.78 is 6.12. The summed E-state index contributed by atoms with van der Waals surface area (Å²) in [5.74, 6) is -0.560. The van der Waals surface area contributed by atoms with Gasteiger partial charge in [-0.15, -0.1) is 5.10 Å². The van der Waals surface area contributed by atoms with Crippen molar-refractivity contribution >= 4 is 22.6 Å². The molecule has 0 unspecified atom stereocenters. The Balaban J connectivity index is 2.48. The van der Waals surface area contributed by atoms with Gasteiger partial charge in [-0.05, 0) is 22.6 Å². The third-order valence-electron chi connectivity index (χ3n) is 2.40. The van der Waals surface area contributed by atoms with Crippen LogP contribution in [0.15, 0.2) is 24.3 Å². The van der Waals surface area contributed by atoms with Crippen molar-refractivity contribution in [2.75, 3.05) is 7.11 Å². The van der Waals surface area contributed by atoms with Crippen LogP contribution in [-0.4, -0.2) is 38.1 Å². The number of hydrogen-bond donors (Lipinski definition) is 0. The summed E-state index contributed by atoms with van der Waals surface area (Å²) in [6, 6.07) is 7.28. The van der Waals surface area contributed by atoms with Crippen molar-refractivity contribution in [3.05, 3.63) is 30.0 Å². The number of nitrogens with zero attached hydrogens (tertiary/aromatic N) is 5. The molecule has 3 rings (SSSR count). The van der Waals surface area contributed by atoms with Gasteiger partial charge in [-0.2, -0.15) is 4.52 Å². The summed E-state index contributed by atoms with van der Waals surface area (Å²) >= 11 is 0. The fraction of sp³-hybridized carbons (Fsp3) is 0.100. The lowest BCUT2D eigenvalue weighted by Gasteiger charge is -2.03. The largest absolute Gasteiger partial charge is 0.464 e. The summed E-state index contributed by atoms with van der Waals surface area (Å²) in [6.07, 6.45) is 0. The maximum Gasteiger partial charge on any atom is 0.360 e. The van der Waals surface area contributed by atoms with E-state index in [1.54, 1.807) is 6.07 Å². The minimum Gasteiger partial charge on any atom is -0.464 e. The van der Waals surface area contributed by atoms with Crippen LogP contribution >= 0.6 is 0 Å². The summed E-state index contributed by atoms with van der Waals surface area (Å²) in [7, 11) is 1.29. The van der Waals surface area contributed by atoms with Crippen LogP contribution in [0.4, 0.5) is 0 Å². The second kappa shape index (κ2) is 3.48. The zero-order valence-corrected chi connectivity index (χ0v) is 8.86. The van der Waals surface area contributed by atoms with Crippen molar-refractivity contribution in [3.8, 4) is 0 Å². The molecule has 0 fully saturated rings. The second-order valence-corrected chi connectivity index (χ2v) is 3.36. The van der Waals surface area contributed by atoms with Crippen LogP contribution in [0.25, 0.3) is 16.7 Å². The molecule has 0 saturated carbocycles. The first-order valence-electron chi connectivity index (χ1n) is 4.86. The molecule has 0 aliphatic rings. The minimum atomic E-state index is -0.560. The van der Waals surface area contributed by atoms with Gasteiger partial charge in [0.05, 0.1) is 18.1 Å². The lowest BCUT2D eigenvalue weighted by atomic mass is 10.3. The third-order valence-corrected chi connectivity index (χ3v) is 2.40. The van der Waals surface area contributed by atoms with Crippen LogP contribution in [0.2, 0.25) is 0 Å². The number of carbonyl (C=O) groups excluding carboxylic acids is 1. The molecule has 1 aromatic carbocycles. The Morgan fingerprint density at radius 3 is 3.00 bits per heavy atom. The minimum absolute atomic E-state index is 0.108. The number of fused-ring (bicyclic) bond motifs is 3. The van der Waals surface area contributed by atoms with Gasteiger partial charge in [0, 0.05) is 0 Å². The van der Waals surface area contributed by atoms with Crippen LogP contribution in [-0.2, 0) is 4.74 Å². The molecule has 0 bridgehead atoms. The summed E-state index contributed by atoms with van der Waals surface area (Å²) in [4.78, 5) is 15.8. The van der Waals surface area contributed by atoms with Crippen LogP contribution in [0.5, 0.6) is 0 Å². The van der Waals surface area contributed by atoms with Gasteiger partial charge in [0.15, 0.2) is 5.69 Å². The molecule has 84 valence electrons. The monoisotopic (exact) mass is 229 g/mol. The molecule has 3 aromatic rings. The maximum absolute atomic E-state index is 11.6. The number of rotatable bonds is 1. The van der Waals surface area contributed by atoms with E-state index in [1.165, 1.54) is 11.6 Å². The molecule has 7 heteroatoms. The van der Waals surface area contributed by atoms with E-state index in [9.17, 15) is 4.79 Å². The van der Waals surface area contributed by atoms with Gasteiger partial charge in [0.25, 0.3) is 0 Å². The Kier molecular flexibility index (Phi) is 1.97. The van der Waals surface area contributed by atoms with Crippen molar-refractivity contribution in [2.45, 2.75) is 0 Å². The highest BCUT2D eigenvalue weighted by Gasteiger charge is 2.17. The van der Waals surface area contributed by atoms with Gasteiger partial charge >= 0.3 is 5.97 Å². The van der Waals surface area contributed by atoms with Crippen molar-refractivity contribution in [2.24, 2.45) is 0 Å². The zero-order valence-electron chi connectivity index (χ0n) is 8.86. The van der Waals surface area contributed by atoms with Crippen molar-refractivity contribution in [1.29, 1.82) is 0 Å². The van der Waals surface area contributed by atoms with Crippen LogP contribution in [0.3, 0.4) is 0 Å². The molecule has 0 radical (unpaired) electrons. The first kappa shape index (κ1) is 9.64. The number of methoxy groups -OCH3 is 1. The molecule has 17 heavy (non-hydrogen) atoms. The van der Waals surface area contributed by atoms with E-state index in [1.807, 2.05) is 18.2 Å². The summed E-state index contributed by atoms with van der Waals surface area (Å²) in [6.45, 7) is 0. The van der Waals surface area contributed by atoms with E-state index in [0.717, 1.165) is 5.52 Å². The van der Waals surface area contributed by atoms with Gasteiger partial charge in [-0.25, -0.2) is 9.78 Å². The number of tetrazole rings is 1. The predicted molar refractivity (Wildman–Crippen MR) is 57.4 cm³/mol. The average molecular weight is 229 g/mol. The third kappa shape index (κ3) is 1.32. The lowest BCUT2D eigenvalue weighted by molar-refractivity contribution is 0.0596. The quantitative estimate of drug-likeness (QED) is 0.564. The second-order valence-electron chi connectivity index (χ2n) is 3.36. The first-order chi connectivity index (χ1) is 8.31. The van der Waals surface area contributed by atoms with E-state index >= 15 is 0 Å². The molecule has 0 aliphatic heterocycles. The van der Waals surface area contributed by atoms with Crippen molar-refractivity contribution in [1.82, 2.24) is 25.0 Å². The Morgan fingerprint density at radius 2 is 2.18 bits per heavy atom. The highest BCUT2D eigenvalue weighted by molar-refractivity contribution is 5.96. The highest BCUT2D eigenvalue weighted by atomic mass is 16.5. The van der Waals surface area contributed by atoms with Gasteiger partial charge in [0.2, 0.25) is 5.65 Å². The smallest absolute Gasteiger partial charge is 0.360 e. The normalized spacial score (nSPS) is 10.9. The van der Waals surface area contributed by atoms with Crippen LogP contribution in [0.1, 0.15) is 10.5 Å².